The van der Waals surface area contributed by atoms with Crippen LogP contribution in [0.15, 0.2) is 30.3 Å². The van der Waals surface area contributed by atoms with Crippen molar-refractivity contribution in [2.75, 3.05) is 0 Å². The minimum Gasteiger partial charge on any atom is -0.0763 e. The number of rotatable bonds is 3. The van der Waals surface area contributed by atoms with Gasteiger partial charge < -0.3 is 0 Å². The van der Waals surface area contributed by atoms with E-state index in [4.69, 9.17) is 0 Å². The maximum absolute atomic E-state index is 2.40. The Hall–Kier alpha value is -1.04. The third-order valence-corrected chi connectivity index (χ3v) is 2.92. The van der Waals surface area contributed by atoms with Crippen LogP contribution in [0.1, 0.15) is 37.8 Å². The van der Waals surface area contributed by atoms with E-state index in [2.05, 4.69) is 44.2 Å². The summed E-state index contributed by atoms with van der Waals surface area (Å²) in [5, 5.41) is 0. The summed E-state index contributed by atoms with van der Waals surface area (Å²) in [5.41, 5.74) is 4.56. The maximum Gasteiger partial charge on any atom is -0.00854 e. The molecule has 0 heterocycles. The van der Waals surface area contributed by atoms with E-state index in [1.807, 2.05) is 0 Å². The normalized spacial score (nSPS) is 14.4. The highest BCUT2D eigenvalue weighted by molar-refractivity contribution is 5.72. The Bertz CT molecular complexity index is 345. The number of fused-ring (bicyclic) bond motifs is 1. The summed E-state index contributed by atoms with van der Waals surface area (Å²) >= 11 is 0. The molecule has 0 saturated carbocycles. The van der Waals surface area contributed by atoms with Crippen LogP contribution in [0.2, 0.25) is 0 Å². The van der Waals surface area contributed by atoms with Gasteiger partial charge in [-0.25, -0.2) is 0 Å². The van der Waals surface area contributed by atoms with Crippen molar-refractivity contribution in [2.45, 2.75) is 33.1 Å². The molecule has 0 fully saturated rings. The molecule has 14 heavy (non-hydrogen) atoms. The monoisotopic (exact) mass is 186 g/mol. The van der Waals surface area contributed by atoms with Crippen LogP contribution in [-0.2, 0) is 6.42 Å². The minimum absolute atomic E-state index is 0.809. The lowest BCUT2D eigenvalue weighted by atomic mass is 9.98. The largest absolute Gasteiger partial charge is 0.0763 e. The van der Waals surface area contributed by atoms with Gasteiger partial charge in [-0.05, 0) is 41.9 Å². The average molecular weight is 186 g/mol. The van der Waals surface area contributed by atoms with E-state index in [9.17, 15) is 0 Å². The molecule has 0 atom stereocenters. The van der Waals surface area contributed by atoms with Crippen molar-refractivity contribution < 1.29 is 0 Å². The lowest BCUT2D eigenvalue weighted by Gasteiger charge is -2.07. The van der Waals surface area contributed by atoms with Crippen molar-refractivity contribution >= 4 is 5.57 Å². The van der Waals surface area contributed by atoms with Crippen molar-refractivity contribution in [1.29, 1.82) is 0 Å². The molecule has 0 heteroatoms. The first kappa shape index (κ1) is 9.51. The van der Waals surface area contributed by atoms with Gasteiger partial charge in [0.15, 0.2) is 0 Å². The zero-order valence-electron chi connectivity index (χ0n) is 9.09. The maximum atomic E-state index is 2.40. The number of hydrogen-bond acceptors (Lipinski definition) is 0. The van der Waals surface area contributed by atoms with Gasteiger partial charge in [-0.15, -0.1) is 0 Å². The summed E-state index contributed by atoms with van der Waals surface area (Å²) in [6, 6.07) is 8.79. The minimum atomic E-state index is 0.809. The quantitative estimate of drug-likeness (QED) is 0.667. The van der Waals surface area contributed by atoms with Crippen molar-refractivity contribution in [3.63, 3.8) is 0 Å². The lowest BCUT2D eigenvalue weighted by Crippen LogP contribution is -1.89. The SMILES string of the molecule is CC(C)CCC1=CCc2ccccc21. The third-order valence-electron chi connectivity index (χ3n) is 2.92. The zero-order valence-corrected chi connectivity index (χ0v) is 9.09. The van der Waals surface area contributed by atoms with E-state index in [0.717, 1.165) is 12.3 Å². The molecule has 0 aliphatic heterocycles. The van der Waals surface area contributed by atoms with Gasteiger partial charge in [-0.2, -0.15) is 0 Å². The molecule has 1 aromatic rings. The van der Waals surface area contributed by atoms with Crippen LogP contribution in [0.4, 0.5) is 0 Å². The van der Waals surface area contributed by atoms with Crippen molar-refractivity contribution in [3.05, 3.63) is 41.5 Å². The molecule has 0 saturated heterocycles. The molecule has 0 radical (unpaired) electrons. The summed E-state index contributed by atoms with van der Waals surface area (Å²) in [5.74, 6) is 0.809. The molecule has 0 N–H and O–H groups in total. The highest BCUT2D eigenvalue weighted by Crippen LogP contribution is 2.31. The van der Waals surface area contributed by atoms with Gasteiger partial charge >= 0.3 is 0 Å². The first-order valence-corrected chi connectivity index (χ1v) is 5.54. The van der Waals surface area contributed by atoms with Gasteiger partial charge in [0.1, 0.15) is 0 Å². The smallest absolute Gasteiger partial charge is 0.00854 e. The predicted molar refractivity (Wildman–Crippen MR) is 62.2 cm³/mol. The Labute approximate surface area is 86.7 Å². The first-order valence-electron chi connectivity index (χ1n) is 5.54. The van der Waals surface area contributed by atoms with E-state index in [1.54, 1.807) is 5.57 Å². The fourth-order valence-corrected chi connectivity index (χ4v) is 2.04. The first-order chi connectivity index (χ1) is 6.77. The number of hydrogen-bond donors (Lipinski definition) is 0. The van der Waals surface area contributed by atoms with Gasteiger partial charge in [-0.1, -0.05) is 44.2 Å². The Morgan fingerprint density at radius 2 is 2.00 bits per heavy atom. The lowest BCUT2D eigenvalue weighted by molar-refractivity contribution is 0.599. The third kappa shape index (κ3) is 1.89. The van der Waals surface area contributed by atoms with Gasteiger partial charge in [0, 0.05) is 0 Å². The molecular weight excluding hydrogens is 168 g/mol. The fraction of sp³-hybridized carbons (Fsp3) is 0.429. The van der Waals surface area contributed by atoms with Crippen LogP contribution in [0.25, 0.3) is 5.57 Å². The molecule has 0 nitrogen and oxygen atoms in total. The van der Waals surface area contributed by atoms with E-state index in [1.165, 1.54) is 24.0 Å². The Balaban J connectivity index is 2.09. The molecule has 1 aliphatic carbocycles. The summed E-state index contributed by atoms with van der Waals surface area (Å²) in [6.07, 6.45) is 6.09. The molecular formula is C14H18. The van der Waals surface area contributed by atoms with Crippen LogP contribution >= 0.6 is 0 Å². The van der Waals surface area contributed by atoms with Crippen molar-refractivity contribution in [3.8, 4) is 0 Å². The van der Waals surface area contributed by atoms with Crippen LogP contribution in [-0.4, -0.2) is 0 Å². The number of allylic oxidation sites excluding steroid dienone is 2. The van der Waals surface area contributed by atoms with Crippen LogP contribution in [0, 0.1) is 5.92 Å². The van der Waals surface area contributed by atoms with E-state index in [0.29, 0.717) is 0 Å². The van der Waals surface area contributed by atoms with Gasteiger partial charge in [0.2, 0.25) is 0 Å². The highest BCUT2D eigenvalue weighted by atomic mass is 14.2. The molecule has 0 amide bonds. The summed E-state index contributed by atoms with van der Waals surface area (Å²) in [6.45, 7) is 4.59. The molecule has 74 valence electrons. The highest BCUT2D eigenvalue weighted by Gasteiger charge is 2.12. The molecule has 0 spiro atoms. The average Bonchev–Trinajstić information content (AvgIpc) is 2.58. The fourth-order valence-electron chi connectivity index (χ4n) is 2.04. The summed E-state index contributed by atoms with van der Waals surface area (Å²) < 4.78 is 0. The van der Waals surface area contributed by atoms with Crippen molar-refractivity contribution in [1.82, 2.24) is 0 Å². The van der Waals surface area contributed by atoms with Crippen LogP contribution in [0.3, 0.4) is 0 Å². The zero-order chi connectivity index (χ0) is 9.97. The Morgan fingerprint density at radius 3 is 2.79 bits per heavy atom. The van der Waals surface area contributed by atoms with E-state index >= 15 is 0 Å². The second kappa shape index (κ2) is 4.00. The van der Waals surface area contributed by atoms with E-state index < -0.39 is 0 Å². The molecule has 0 bridgehead atoms. The molecule has 0 unspecified atom stereocenters. The van der Waals surface area contributed by atoms with Crippen LogP contribution in [0.5, 0.6) is 0 Å². The van der Waals surface area contributed by atoms with Crippen molar-refractivity contribution in [2.24, 2.45) is 5.92 Å². The molecule has 0 aromatic heterocycles. The van der Waals surface area contributed by atoms with Gasteiger partial charge in [-0.3, -0.25) is 0 Å². The van der Waals surface area contributed by atoms with Gasteiger partial charge in [0.25, 0.3) is 0 Å². The summed E-state index contributed by atoms with van der Waals surface area (Å²) in [4.78, 5) is 0. The summed E-state index contributed by atoms with van der Waals surface area (Å²) in [7, 11) is 0. The predicted octanol–water partition coefficient (Wildman–Crippen LogP) is 4.06. The molecule has 1 aliphatic rings. The second-order valence-electron chi connectivity index (χ2n) is 4.52. The molecule has 1 aromatic carbocycles. The Morgan fingerprint density at radius 1 is 1.21 bits per heavy atom. The topological polar surface area (TPSA) is 0 Å². The Kier molecular flexibility index (Phi) is 2.72. The van der Waals surface area contributed by atoms with Crippen LogP contribution < -0.4 is 0 Å². The number of benzene rings is 1. The standard InChI is InChI=1S/C14H18/c1-11(2)7-8-13-10-9-12-5-3-4-6-14(12)13/h3-6,10-11H,7-9H2,1-2H3. The van der Waals surface area contributed by atoms with Gasteiger partial charge in [0.05, 0.1) is 0 Å². The van der Waals surface area contributed by atoms with E-state index in [-0.39, 0.29) is 0 Å². The second-order valence-corrected chi connectivity index (χ2v) is 4.52. The molecule has 2 rings (SSSR count).